The zero-order valence-corrected chi connectivity index (χ0v) is 9.45. The molecule has 88 valence electrons. The highest BCUT2D eigenvalue weighted by Gasteiger charge is 2.32. The van der Waals surface area contributed by atoms with Gasteiger partial charge in [0.2, 0.25) is 5.75 Å². The molecule has 1 aromatic heterocycles. The molecule has 0 amide bonds. The van der Waals surface area contributed by atoms with Gasteiger partial charge in [-0.05, 0) is 20.8 Å². The summed E-state index contributed by atoms with van der Waals surface area (Å²) in [6.07, 6.45) is -0.839. The fourth-order valence-corrected chi connectivity index (χ4v) is 1.45. The quantitative estimate of drug-likeness (QED) is 0.795. The molecule has 2 heterocycles. The number of aliphatic hydroxyl groups is 1. The van der Waals surface area contributed by atoms with E-state index in [2.05, 4.69) is 4.98 Å². The Balaban J connectivity index is 2.45. The lowest BCUT2D eigenvalue weighted by molar-refractivity contribution is 0.0123. The molecule has 0 saturated heterocycles. The second-order valence-electron chi connectivity index (χ2n) is 4.49. The number of nitrogens with zero attached hydrogens (tertiary/aromatic N) is 1. The first kappa shape index (κ1) is 11.1. The Labute approximate surface area is 93.0 Å². The maximum Gasteiger partial charge on any atom is 0.261 e. The van der Waals surface area contributed by atoms with Gasteiger partial charge in [-0.25, -0.2) is 9.37 Å². The minimum absolute atomic E-state index is 0.0173. The normalized spacial score (nSPS) is 19.3. The first-order valence-electron chi connectivity index (χ1n) is 5.09. The van der Waals surface area contributed by atoms with Crippen LogP contribution in [0.15, 0.2) is 6.07 Å². The molecule has 1 unspecified atom stereocenters. The topological polar surface area (TPSA) is 51.6 Å². The molecule has 0 aliphatic carbocycles. The van der Waals surface area contributed by atoms with Crippen LogP contribution in [0.2, 0.25) is 0 Å². The number of ether oxygens (including phenoxy) is 2. The van der Waals surface area contributed by atoms with Crippen LogP contribution in [-0.4, -0.2) is 22.3 Å². The van der Waals surface area contributed by atoms with E-state index in [1.54, 1.807) is 0 Å². The van der Waals surface area contributed by atoms with Crippen LogP contribution < -0.4 is 9.47 Å². The number of aliphatic hydroxyl groups excluding tert-OH is 1. The number of halogens is 1. The Bertz CT molecular complexity index is 418. The highest BCUT2D eigenvalue weighted by molar-refractivity contribution is 5.38. The third-order valence-electron chi connectivity index (χ3n) is 2.28. The fourth-order valence-electron chi connectivity index (χ4n) is 1.45. The maximum absolute atomic E-state index is 13.6. The lowest BCUT2D eigenvalue weighted by atomic mass is 10.1. The zero-order valence-electron chi connectivity index (χ0n) is 9.45. The van der Waals surface area contributed by atoms with E-state index in [-0.39, 0.29) is 23.9 Å². The Morgan fingerprint density at radius 1 is 1.56 bits per heavy atom. The van der Waals surface area contributed by atoms with Gasteiger partial charge < -0.3 is 14.6 Å². The lowest BCUT2D eigenvalue weighted by Gasteiger charge is -2.31. The van der Waals surface area contributed by atoms with Gasteiger partial charge in [0.25, 0.3) is 5.88 Å². The van der Waals surface area contributed by atoms with E-state index in [9.17, 15) is 9.50 Å². The molecule has 1 aromatic rings. The Hall–Kier alpha value is -1.36. The van der Waals surface area contributed by atoms with E-state index < -0.39 is 17.5 Å². The third-order valence-corrected chi connectivity index (χ3v) is 2.28. The van der Waals surface area contributed by atoms with Crippen molar-refractivity contribution in [3.05, 3.63) is 17.6 Å². The van der Waals surface area contributed by atoms with Gasteiger partial charge in [0.1, 0.15) is 12.2 Å². The Morgan fingerprint density at radius 2 is 2.25 bits per heavy atom. The van der Waals surface area contributed by atoms with E-state index in [0.717, 1.165) is 6.07 Å². The van der Waals surface area contributed by atoms with Crippen molar-refractivity contribution in [2.75, 3.05) is 6.61 Å². The van der Waals surface area contributed by atoms with Crippen LogP contribution in [0.5, 0.6) is 11.6 Å². The number of aromatic nitrogens is 1. The molecule has 0 spiro atoms. The van der Waals surface area contributed by atoms with Crippen molar-refractivity contribution in [3.63, 3.8) is 0 Å². The van der Waals surface area contributed by atoms with Gasteiger partial charge in [-0.15, -0.1) is 0 Å². The van der Waals surface area contributed by atoms with Gasteiger partial charge in [0, 0.05) is 6.07 Å². The molecule has 0 saturated carbocycles. The van der Waals surface area contributed by atoms with Crippen LogP contribution in [-0.2, 0) is 0 Å². The van der Waals surface area contributed by atoms with E-state index in [4.69, 9.17) is 9.47 Å². The molecule has 1 aliphatic rings. The summed E-state index contributed by atoms with van der Waals surface area (Å²) >= 11 is 0. The zero-order chi connectivity index (χ0) is 11.9. The van der Waals surface area contributed by atoms with Crippen LogP contribution in [0.1, 0.15) is 32.6 Å². The second-order valence-corrected chi connectivity index (χ2v) is 4.49. The number of rotatable bonds is 1. The fraction of sp³-hybridized carbons (Fsp3) is 0.545. The average Bonchev–Trinajstić information content (AvgIpc) is 2.14. The van der Waals surface area contributed by atoms with Crippen molar-refractivity contribution < 1.29 is 19.0 Å². The van der Waals surface area contributed by atoms with Crippen LogP contribution in [0.4, 0.5) is 4.39 Å². The number of fused-ring (bicyclic) bond motifs is 1. The first-order valence-corrected chi connectivity index (χ1v) is 5.09. The number of hydrogen-bond donors (Lipinski definition) is 1. The summed E-state index contributed by atoms with van der Waals surface area (Å²) in [7, 11) is 0. The van der Waals surface area contributed by atoms with Crippen molar-refractivity contribution in [2.45, 2.75) is 32.5 Å². The molecule has 4 nitrogen and oxygen atoms in total. The van der Waals surface area contributed by atoms with E-state index in [1.807, 2.05) is 13.8 Å². The first-order chi connectivity index (χ1) is 7.39. The highest BCUT2D eigenvalue weighted by Crippen LogP contribution is 2.36. The Kier molecular flexibility index (Phi) is 2.50. The van der Waals surface area contributed by atoms with E-state index in [1.165, 1.54) is 6.92 Å². The SMILES string of the molecule is CC(O)c1cc(F)c2c(n1)OC(C)(C)CO2. The van der Waals surface area contributed by atoms with Crippen LogP contribution in [0, 0.1) is 5.82 Å². The monoisotopic (exact) mass is 227 g/mol. The molecule has 16 heavy (non-hydrogen) atoms. The maximum atomic E-state index is 13.6. The summed E-state index contributed by atoms with van der Waals surface area (Å²) in [5.74, 6) is -0.438. The molecule has 0 bridgehead atoms. The minimum Gasteiger partial charge on any atom is -0.482 e. The highest BCUT2D eigenvalue weighted by atomic mass is 19.1. The Morgan fingerprint density at radius 3 is 2.88 bits per heavy atom. The molecule has 5 heteroatoms. The summed E-state index contributed by atoms with van der Waals surface area (Å²) in [4.78, 5) is 4.03. The predicted molar refractivity (Wildman–Crippen MR) is 55.0 cm³/mol. The van der Waals surface area contributed by atoms with Crippen LogP contribution in [0.25, 0.3) is 0 Å². The van der Waals surface area contributed by atoms with Gasteiger partial charge in [-0.1, -0.05) is 0 Å². The van der Waals surface area contributed by atoms with Crippen LogP contribution in [0.3, 0.4) is 0 Å². The standard InChI is InChI=1S/C11H14FNO3/c1-6(14)8-4-7(12)9-10(13-8)16-11(2,3)5-15-9/h4,6,14H,5H2,1-3H3. The lowest BCUT2D eigenvalue weighted by Crippen LogP contribution is -2.39. The summed E-state index contributed by atoms with van der Waals surface area (Å²) in [6, 6.07) is 1.16. The third kappa shape index (κ3) is 1.95. The van der Waals surface area contributed by atoms with Crippen molar-refractivity contribution in [3.8, 4) is 11.6 Å². The number of hydrogen-bond acceptors (Lipinski definition) is 4. The van der Waals surface area contributed by atoms with Crippen molar-refractivity contribution in [2.24, 2.45) is 0 Å². The molecular weight excluding hydrogens is 213 g/mol. The van der Waals surface area contributed by atoms with Crippen molar-refractivity contribution >= 4 is 0 Å². The van der Waals surface area contributed by atoms with Gasteiger partial charge in [0.05, 0.1) is 11.8 Å². The molecule has 1 atom stereocenters. The van der Waals surface area contributed by atoms with E-state index in [0.29, 0.717) is 0 Å². The van der Waals surface area contributed by atoms with Gasteiger partial charge in [-0.2, -0.15) is 0 Å². The number of pyridine rings is 1. The molecule has 0 radical (unpaired) electrons. The smallest absolute Gasteiger partial charge is 0.261 e. The summed E-state index contributed by atoms with van der Waals surface area (Å²) in [6.45, 7) is 5.44. The van der Waals surface area contributed by atoms with Crippen molar-refractivity contribution in [1.82, 2.24) is 4.98 Å². The molecule has 0 aromatic carbocycles. The van der Waals surface area contributed by atoms with E-state index >= 15 is 0 Å². The molecule has 2 rings (SSSR count). The minimum atomic E-state index is -0.839. The average molecular weight is 227 g/mol. The van der Waals surface area contributed by atoms with Crippen molar-refractivity contribution in [1.29, 1.82) is 0 Å². The van der Waals surface area contributed by atoms with Gasteiger partial charge in [-0.3, -0.25) is 0 Å². The molecule has 1 aliphatic heterocycles. The molecule has 0 fully saturated rings. The molecule has 1 N–H and O–H groups in total. The predicted octanol–water partition coefficient (Wildman–Crippen LogP) is 1.82. The summed E-state index contributed by atoms with van der Waals surface area (Å²) in [5, 5.41) is 9.35. The van der Waals surface area contributed by atoms with Gasteiger partial charge in [0.15, 0.2) is 5.82 Å². The van der Waals surface area contributed by atoms with Gasteiger partial charge >= 0.3 is 0 Å². The van der Waals surface area contributed by atoms with Crippen LogP contribution >= 0.6 is 0 Å². The largest absolute Gasteiger partial charge is 0.482 e. The molecular formula is C11H14FNO3. The second kappa shape index (κ2) is 3.59. The summed E-state index contributed by atoms with van der Waals surface area (Å²) in [5.41, 5.74) is -0.304. The summed E-state index contributed by atoms with van der Waals surface area (Å²) < 4.78 is 24.4.